The van der Waals surface area contributed by atoms with E-state index in [2.05, 4.69) is 20.7 Å². The SMILES string of the molecule is CS(=O)(=O)Nc1ccc(Br)cc1C(=O)c1ccccc1. The van der Waals surface area contributed by atoms with Crippen molar-refractivity contribution < 1.29 is 13.2 Å². The fourth-order valence-electron chi connectivity index (χ4n) is 1.74. The van der Waals surface area contributed by atoms with Crippen LogP contribution < -0.4 is 4.72 Å². The molecule has 0 fully saturated rings. The van der Waals surface area contributed by atoms with E-state index in [1.807, 2.05) is 6.07 Å². The van der Waals surface area contributed by atoms with E-state index in [1.54, 1.807) is 42.5 Å². The van der Waals surface area contributed by atoms with E-state index >= 15 is 0 Å². The summed E-state index contributed by atoms with van der Waals surface area (Å²) in [4.78, 5) is 12.4. The molecule has 104 valence electrons. The summed E-state index contributed by atoms with van der Waals surface area (Å²) >= 11 is 3.29. The van der Waals surface area contributed by atoms with Crippen molar-refractivity contribution in [1.82, 2.24) is 0 Å². The highest BCUT2D eigenvalue weighted by Crippen LogP contribution is 2.24. The number of carbonyl (C=O) groups is 1. The van der Waals surface area contributed by atoms with Gasteiger partial charge >= 0.3 is 0 Å². The Morgan fingerprint density at radius 3 is 2.35 bits per heavy atom. The summed E-state index contributed by atoms with van der Waals surface area (Å²) in [5.74, 6) is -0.238. The molecule has 0 atom stereocenters. The molecule has 0 unspecified atom stereocenters. The minimum atomic E-state index is -3.45. The van der Waals surface area contributed by atoms with Gasteiger partial charge in [0.25, 0.3) is 0 Å². The number of sulfonamides is 1. The average Bonchev–Trinajstić information content (AvgIpc) is 2.39. The van der Waals surface area contributed by atoms with Gasteiger partial charge in [-0.2, -0.15) is 0 Å². The molecule has 0 saturated heterocycles. The number of hydrogen-bond acceptors (Lipinski definition) is 3. The van der Waals surface area contributed by atoms with Crippen LogP contribution in [0.3, 0.4) is 0 Å². The molecule has 0 aromatic heterocycles. The van der Waals surface area contributed by atoms with Crippen molar-refractivity contribution in [3.05, 3.63) is 64.1 Å². The highest BCUT2D eigenvalue weighted by Gasteiger charge is 2.16. The number of benzene rings is 2. The number of halogens is 1. The summed E-state index contributed by atoms with van der Waals surface area (Å²) in [6.45, 7) is 0. The van der Waals surface area contributed by atoms with Gasteiger partial charge in [0.1, 0.15) is 0 Å². The molecule has 0 heterocycles. The lowest BCUT2D eigenvalue weighted by atomic mass is 10.0. The highest BCUT2D eigenvalue weighted by molar-refractivity contribution is 9.10. The monoisotopic (exact) mass is 353 g/mol. The quantitative estimate of drug-likeness (QED) is 0.859. The minimum Gasteiger partial charge on any atom is -0.289 e. The van der Waals surface area contributed by atoms with E-state index in [9.17, 15) is 13.2 Å². The van der Waals surface area contributed by atoms with Crippen molar-refractivity contribution in [2.75, 3.05) is 11.0 Å². The van der Waals surface area contributed by atoms with Gasteiger partial charge in [-0.25, -0.2) is 8.42 Å². The number of anilines is 1. The van der Waals surface area contributed by atoms with Gasteiger partial charge in [0.05, 0.1) is 11.9 Å². The zero-order chi connectivity index (χ0) is 14.8. The van der Waals surface area contributed by atoms with E-state index in [0.717, 1.165) is 6.26 Å². The Morgan fingerprint density at radius 2 is 1.75 bits per heavy atom. The lowest BCUT2D eigenvalue weighted by molar-refractivity contribution is 0.103. The molecule has 1 N–H and O–H groups in total. The topological polar surface area (TPSA) is 63.2 Å². The molecule has 0 saturated carbocycles. The van der Waals surface area contributed by atoms with Crippen molar-refractivity contribution in [3.8, 4) is 0 Å². The summed E-state index contributed by atoms with van der Waals surface area (Å²) < 4.78 is 25.8. The van der Waals surface area contributed by atoms with Crippen LogP contribution in [0.1, 0.15) is 15.9 Å². The van der Waals surface area contributed by atoms with Crippen molar-refractivity contribution >= 4 is 37.4 Å². The van der Waals surface area contributed by atoms with Crippen molar-refractivity contribution in [3.63, 3.8) is 0 Å². The maximum Gasteiger partial charge on any atom is 0.229 e. The normalized spacial score (nSPS) is 11.1. The second-order valence-corrected chi connectivity index (χ2v) is 6.92. The molecule has 0 bridgehead atoms. The Labute approximate surface area is 126 Å². The van der Waals surface area contributed by atoms with Gasteiger partial charge in [0.15, 0.2) is 5.78 Å². The Hall–Kier alpha value is -1.66. The van der Waals surface area contributed by atoms with Crippen LogP contribution in [0.2, 0.25) is 0 Å². The van der Waals surface area contributed by atoms with Crippen molar-refractivity contribution in [1.29, 1.82) is 0 Å². The molecule has 0 spiro atoms. The molecule has 20 heavy (non-hydrogen) atoms. The number of carbonyl (C=O) groups excluding carboxylic acids is 1. The summed E-state index contributed by atoms with van der Waals surface area (Å²) in [6, 6.07) is 13.5. The molecule has 0 aliphatic heterocycles. The number of rotatable bonds is 4. The maximum absolute atomic E-state index is 12.4. The minimum absolute atomic E-state index is 0.238. The van der Waals surface area contributed by atoms with Crippen LogP contribution in [-0.2, 0) is 10.0 Å². The number of nitrogens with one attached hydrogen (secondary N) is 1. The summed E-state index contributed by atoms with van der Waals surface area (Å²) in [6.07, 6.45) is 1.05. The van der Waals surface area contributed by atoms with Gasteiger partial charge in [-0.15, -0.1) is 0 Å². The third-order valence-electron chi connectivity index (χ3n) is 2.56. The van der Waals surface area contributed by atoms with E-state index < -0.39 is 10.0 Å². The number of ketones is 1. The summed E-state index contributed by atoms with van der Waals surface area (Å²) in [7, 11) is -3.45. The van der Waals surface area contributed by atoms with Gasteiger partial charge in [-0.1, -0.05) is 46.3 Å². The Morgan fingerprint density at radius 1 is 1.10 bits per heavy atom. The molecule has 4 nitrogen and oxygen atoms in total. The van der Waals surface area contributed by atoms with Gasteiger partial charge in [-0.05, 0) is 18.2 Å². The van der Waals surface area contributed by atoms with E-state index in [4.69, 9.17) is 0 Å². The molecule has 0 radical (unpaired) electrons. The van der Waals surface area contributed by atoms with E-state index in [0.29, 0.717) is 15.6 Å². The molecule has 0 aliphatic carbocycles. The maximum atomic E-state index is 12.4. The van der Waals surface area contributed by atoms with Crippen LogP contribution in [-0.4, -0.2) is 20.5 Å². The smallest absolute Gasteiger partial charge is 0.229 e. The summed E-state index contributed by atoms with van der Waals surface area (Å²) in [5.41, 5.74) is 1.07. The van der Waals surface area contributed by atoms with Gasteiger partial charge in [-0.3, -0.25) is 9.52 Å². The molecular formula is C14H12BrNO3S. The molecule has 2 rings (SSSR count). The van der Waals surface area contributed by atoms with Crippen LogP contribution in [0.15, 0.2) is 53.0 Å². The standard InChI is InChI=1S/C14H12BrNO3S/c1-20(18,19)16-13-8-7-11(15)9-12(13)14(17)10-5-3-2-4-6-10/h2-9,16H,1H3. The van der Waals surface area contributed by atoms with Crippen LogP contribution in [0, 0.1) is 0 Å². The second-order valence-electron chi connectivity index (χ2n) is 4.26. The Balaban J connectivity index is 2.50. The fourth-order valence-corrected chi connectivity index (χ4v) is 2.68. The molecule has 2 aromatic rings. The molecular weight excluding hydrogens is 342 g/mol. The number of hydrogen-bond donors (Lipinski definition) is 1. The zero-order valence-corrected chi connectivity index (χ0v) is 13.0. The molecule has 0 amide bonds. The third-order valence-corrected chi connectivity index (χ3v) is 3.64. The van der Waals surface area contributed by atoms with Gasteiger partial charge in [0.2, 0.25) is 10.0 Å². The van der Waals surface area contributed by atoms with E-state index in [1.165, 1.54) is 0 Å². The largest absolute Gasteiger partial charge is 0.289 e. The first kappa shape index (κ1) is 14.7. The lowest BCUT2D eigenvalue weighted by Gasteiger charge is -2.10. The predicted molar refractivity (Wildman–Crippen MR) is 82.5 cm³/mol. The zero-order valence-electron chi connectivity index (χ0n) is 10.6. The molecule has 2 aromatic carbocycles. The molecule has 0 aliphatic rings. The van der Waals surface area contributed by atoms with Crippen molar-refractivity contribution in [2.24, 2.45) is 0 Å². The van der Waals surface area contributed by atoms with Gasteiger partial charge < -0.3 is 0 Å². The van der Waals surface area contributed by atoms with Gasteiger partial charge in [0, 0.05) is 15.6 Å². The Kier molecular flexibility index (Phi) is 4.25. The van der Waals surface area contributed by atoms with E-state index in [-0.39, 0.29) is 11.5 Å². The first-order valence-electron chi connectivity index (χ1n) is 5.74. The van der Waals surface area contributed by atoms with Crippen LogP contribution in [0.4, 0.5) is 5.69 Å². The average molecular weight is 354 g/mol. The van der Waals surface area contributed by atoms with Crippen LogP contribution in [0.5, 0.6) is 0 Å². The van der Waals surface area contributed by atoms with Crippen LogP contribution >= 0.6 is 15.9 Å². The fraction of sp³-hybridized carbons (Fsp3) is 0.0714. The first-order chi connectivity index (χ1) is 9.37. The predicted octanol–water partition coefficient (Wildman–Crippen LogP) is 3.05. The molecule has 6 heteroatoms. The lowest BCUT2D eigenvalue weighted by Crippen LogP contribution is -2.13. The summed E-state index contributed by atoms with van der Waals surface area (Å²) in [5, 5.41) is 0. The highest BCUT2D eigenvalue weighted by atomic mass is 79.9. The second kappa shape index (κ2) is 5.76. The first-order valence-corrected chi connectivity index (χ1v) is 8.42. The third kappa shape index (κ3) is 3.68. The van der Waals surface area contributed by atoms with Crippen LogP contribution in [0.25, 0.3) is 0 Å². The Bertz CT molecular complexity index is 742. The van der Waals surface area contributed by atoms with Crippen molar-refractivity contribution in [2.45, 2.75) is 0 Å².